The molecule has 1 aromatic carbocycles. The van der Waals surface area contributed by atoms with Gasteiger partial charge in [0.1, 0.15) is 10.7 Å². The van der Waals surface area contributed by atoms with Crippen molar-refractivity contribution in [2.24, 2.45) is 0 Å². The predicted octanol–water partition coefficient (Wildman–Crippen LogP) is 1.94. The van der Waals surface area contributed by atoms with Gasteiger partial charge in [-0.05, 0) is 44.9 Å². The second kappa shape index (κ2) is 9.47. The van der Waals surface area contributed by atoms with Gasteiger partial charge in [0, 0.05) is 38.8 Å². The molecule has 0 atom stereocenters. The molecule has 0 unspecified atom stereocenters. The van der Waals surface area contributed by atoms with Gasteiger partial charge in [0.25, 0.3) is 5.91 Å². The Kier molecular flexibility index (Phi) is 7.54. The summed E-state index contributed by atoms with van der Waals surface area (Å²) in [6.07, 6.45) is 2.41. The molecule has 0 saturated carbocycles. The maximum Gasteiger partial charge on any atom is 0.254 e. The molecule has 0 aliphatic carbocycles. The Bertz CT molecular complexity index is 818. The number of benzene rings is 1. The molecule has 1 aromatic rings. The minimum absolute atomic E-state index is 0.0341. The first-order valence-corrected chi connectivity index (χ1v) is 11.0. The number of carbonyl (C=O) groups excluding carboxylic acids is 2. The number of halogens is 1. The molecule has 0 radical (unpaired) electrons. The van der Waals surface area contributed by atoms with Crippen LogP contribution in [0.4, 0.5) is 4.39 Å². The van der Waals surface area contributed by atoms with Crippen LogP contribution in [0.5, 0.6) is 0 Å². The lowest BCUT2D eigenvalue weighted by atomic mass is 10.2. The van der Waals surface area contributed by atoms with Gasteiger partial charge in [-0.3, -0.25) is 9.59 Å². The van der Waals surface area contributed by atoms with Crippen LogP contribution < -0.4 is 0 Å². The molecule has 1 aliphatic rings. The van der Waals surface area contributed by atoms with E-state index in [-0.39, 0.29) is 18.0 Å². The second-order valence-electron chi connectivity index (χ2n) is 6.84. The predicted molar refractivity (Wildman–Crippen MR) is 104 cm³/mol. The average Bonchev–Trinajstić information content (AvgIpc) is 2.69. The first-order valence-electron chi connectivity index (χ1n) is 9.55. The fourth-order valence-corrected chi connectivity index (χ4v) is 4.86. The molecule has 1 fully saturated rings. The summed E-state index contributed by atoms with van der Waals surface area (Å²) in [7, 11) is -2.54. The monoisotopic (exact) mass is 413 g/mol. The van der Waals surface area contributed by atoms with Gasteiger partial charge in [0.05, 0.1) is 6.54 Å². The lowest BCUT2D eigenvalue weighted by molar-refractivity contribution is -0.131. The number of piperidine rings is 1. The van der Waals surface area contributed by atoms with Crippen LogP contribution in [0.3, 0.4) is 0 Å². The maximum atomic E-state index is 14.3. The van der Waals surface area contributed by atoms with Gasteiger partial charge >= 0.3 is 0 Å². The molecule has 9 heteroatoms. The molecule has 0 N–H and O–H groups in total. The largest absolute Gasteiger partial charge is 0.342 e. The number of rotatable bonds is 7. The van der Waals surface area contributed by atoms with Crippen LogP contribution in [-0.4, -0.2) is 74.1 Å². The molecule has 1 aliphatic heterocycles. The van der Waals surface area contributed by atoms with Gasteiger partial charge < -0.3 is 9.80 Å². The van der Waals surface area contributed by atoms with E-state index in [1.165, 1.54) is 22.3 Å². The topological polar surface area (TPSA) is 78.0 Å². The van der Waals surface area contributed by atoms with Crippen LogP contribution in [0.15, 0.2) is 23.1 Å². The highest BCUT2D eigenvalue weighted by atomic mass is 32.2. The average molecular weight is 414 g/mol. The summed E-state index contributed by atoms with van der Waals surface area (Å²) in [5.41, 5.74) is 0.0341. The van der Waals surface area contributed by atoms with Crippen LogP contribution in [0, 0.1) is 5.82 Å². The summed E-state index contributed by atoms with van der Waals surface area (Å²) in [5.74, 6) is -1.62. The van der Waals surface area contributed by atoms with Crippen molar-refractivity contribution in [1.82, 2.24) is 14.1 Å². The normalized spacial score (nSPS) is 15.3. The zero-order valence-electron chi connectivity index (χ0n) is 16.6. The Morgan fingerprint density at radius 3 is 2.29 bits per heavy atom. The maximum absolute atomic E-state index is 14.3. The van der Waals surface area contributed by atoms with E-state index in [0.717, 1.165) is 31.4 Å². The van der Waals surface area contributed by atoms with Gasteiger partial charge in [-0.25, -0.2) is 12.8 Å². The Balaban J connectivity index is 2.24. The Morgan fingerprint density at radius 1 is 1.11 bits per heavy atom. The third-order valence-electron chi connectivity index (χ3n) is 4.95. The second-order valence-corrected chi connectivity index (χ2v) is 8.74. The van der Waals surface area contributed by atoms with E-state index < -0.39 is 26.6 Å². The highest BCUT2D eigenvalue weighted by molar-refractivity contribution is 7.89. The van der Waals surface area contributed by atoms with E-state index in [4.69, 9.17) is 0 Å². The number of nitrogens with zero attached hydrogens (tertiary/aromatic N) is 3. The van der Waals surface area contributed by atoms with E-state index in [1.54, 1.807) is 4.90 Å². The third-order valence-corrected chi connectivity index (χ3v) is 6.86. The molecule has 1 saturated heterocycles. The van der Waals surface area contributed by atoms with Crippen LogP contribution in [-0.2, 0) is 14.8 Å². The van der Waals surface area contributed by atoms with Crippen LogP contribution in [0.2, 0.25) is 0 Å². The van der Waals surface area contributed by atoms with Crippen molar-refractivity contribution in [3.63, 3.8) is 0 Å². The number of amides is 2. The van der Waals surface area contributed by atoms with Gasteiger partial charge in [-0.1, -0.05) is 6.42 Å². The molecule has 156 valence electrons. The molecule has 1 heterocycles. The fraction of sp³-hybridized carbons (Fsp3) is 0.579. The summed E-state index contributed by atoms with van der Waals surface area (Å²) >= 11 is 0. The Labute approximate surface area is 166 Å². The lowest BCUT2D eigenvalue weighted by Crippen LogP contribution is -2.41. The summed E-state index contributed by atoms with van der Waals surface area (Å²) in [6.45, 7) is 5.32. The molecular weight excluding hydrogens is 385 g/mol. The van der Waals surface area contributed by atoms with Crippen molar-refractivity contribution in [2.45, 2.75) is 38.0 Å². The number of hydrogen-bond donors (Lipinski definition) is 0. The van der Waals surface area contributed by atoms with Gasteiger partial charge in [-0.2, -0.15) is 4.31 Å². The van der Waals surface area contributed by atoms with Crippen molar-refractivity contribution in [3.8, 4) is 0 Å². The first-order chi connectivity index (χ1) is 13.2. The molecule has 0 spiro atoms. The quantitative estimate of drug-likeness (QED) is 0.684. The minimum atomic E-state index is -4.01. The van der Waals surface area contributed by atoms with E-state index in [1.807, 2.05) is 13.8 Å². The smallest absolute Gasteiger partial charge is 0.254 e. The number of likely N-dealkylation sites (N-methyl/N-ethyl adjacent to an activating group) is 2. The van der Waals surface area contributed by atoms with Crippen molar-refractivity contribution in [3.05, 3.63) is 29.6 Å². The molecule has 0 aromatic heterocycles. The number of sulfonamides is 1. The SMILES string of the molecule is CCN(CC)C(=O)CN(C)C(=O)c1ccc(F)c(S(=O)(=O)N2CCCCC2)c1. The van der Waals surface area contributed by atoms with Gasteiger partial charge in [0.15, 0.2) is 0 Å². The molecule has 2 amide bonds. The number of carbonyl (C=O) groups is 2. The zero-order chi connectivity index (χ0) is 20.9. The van der Waals surface area contributed by atoms with E-state index in [0.29, 0.717) is 26.2 Å². The summed E-state index contributed by atoms with van der Waals surface area (Å²) < 4.78 is 41.2. The first kappa shape index (κ1) is 22.3. The van der Waals surface area contributed by atoms with E-state index >= 15 is 0 Å². The molecule has 0 bridgehead atoms. The van der Waals surface area contributed by atoms with Crippen molar-refractivity contribution in [1.29, 1.82) is 0 Å². The summed E-state index contributed by atoms with van der Waals surface area (Å²) in [5, 5.41) is 0. The highest BCUT2D eigenvalue weighted by Gasteiger charge is 2.30. The molecule has 2 rings (SSSR count). The van der Waals surface area contributed by atoms with Gasteiger partial charge in [-0.15, -0.1) is 0 Å². The Hall–Kier alpha value is -2.00. The van der Waals surface area contributed by atoms with Gasteiger partial charge in [0.2, 0.25) is 15.9 Å². The lowest BCUT2D eigenvalue weighted by Gasteiger charge is -2.26. The molecular formula is C19H28FN3O4S. The number of hydrogen-bond acceptors (Lipinski definition) is 4. The Morgan fingerprint density at radius 2 is 1.71 bits per heavy atom. The molecule has 28 heavy (non-hydrogen) atoms. The standard InChI is InChI=1S/C19H28FN3O4S/c1-4-22(5-2)18(24)14-21(3)19(25)15-9-10-16(20)17(13-15)28(26,27)23-11-7-6-8-12-23/h9-10,13H,4-8,11-12,14H2,1-3H3. The van der Waals surface area contributed by atoms with Crippen molar-refractivity contribution in [2.75, 3.05) is 39.8 Å². The van der Waals surface area contributed by atoms with Crippen LogP contribution in [0.25, 0.3) is 0 Å². The highest BCUT2D eigenvalue weighted by Crippen LogP contribution is 2.24. The van der Waals surface area contributed by atoms with E-state index in [9.17, 15) is 22.4 Å². The zero-order valence-corrected chi connectivity index (χ0v) is 17.5. The van der Waals surface area contributed by atoms with Crippen molar-refractivity contribution >= 4 is 21.8 Å². The third kappa shape index (κ3) is 4.88. The molecule has 7 nitrogen and oxygen atoms in total. The van der Waals surface area contributed by atoms with Crippen LogP contribution >= 0.6 is 0 Å². The summed E-state index contributed by atoms with van der Waals surface area (Å²) in [4.78, 5) is 27.2. The van der Waals surface area contributed by atoms with E-state index in [2.05, 4.69) is 0 Å². The fourth-order valence-electron chi connectivity index (χ4n) is 3.25. The van der Waals surface area contributed by atoms with Crippen molar-refractivity contribution < 1.29 is 22.4 Å². The summed E-state index contributed by atoms with van der Waals surface area (Å²) in [6, 6.07) is 3.30. The minimum Gasteiger partial charge on any atom is -0.342 e. The van der Waals surface area contributed by atoms with Crippen LogP contribution in [0.1, 0.15) is 43.5 Å².